The second kappa shape index (κ2) is 8.28. The van der Waals surface area contributed by atoms with Crippen molar-refractivity contribution in [2.75, 3.05) is 40.4 Å². The van der Waals surface area contributed by atoms with Crippen LogP contribution in [-0.2, 0) is 0 Å². The topological polar surface area (TPSA) is 33.7 Å². The predicted molar refractivity (Wildman–Crippen MR) is 102 cm³/mol. The number of rotatable bonds is 5. The van der Waals surface area contributed by atoms with E-state index >= 15 is 0 Å². The molecule has 0 aliphatic carbocycles. The molecule has 1 N–H and O–H groups in total. The molecule has 0 radical (unpaired) electrons. The van der Waals surface area contributed by atoms with Crippen molar-refractivity contribution in [2.45, 2.75) is 6.04 Å². The fourth-order valence-electron chi connectivity index (χ4n) is 3.27. The van der Waals surface area contributed by atoms with Crippen LogP contribution in [0.1, 0.15) is 17.2 Å². The molecule has 0 amide bonds. The van der Waals surface area contributed by atoms with Gasteiger partial charge in [0.2, 0.25) is 0 Å². The lowest BCUT2D eigenvalue weighted by molar-refractivity contribution is 0.195. The van der Waals surface area contributed by atoms with E-state index in [1.165, 1.54) is 0 Å². The second-order valence-corrected chi connectivity index (χ2v) is 6.81. The molecule has 1 aliphatic heterocycles. The number of ether oxygens (including phenoxy) is 2. The molecule has 0 saturated carbocycles. The Hall–Kier alpha value is -1.46. The number of nitrogens with one attached hydrogen (secondary N) is 1. The number of nitrogens with zero attached hydrogens (tertiary/aromatic N) is 1. The van der Waals surface area contributed by atoms with Gasteiger partial charge in [-0.25, -0.2) is 0 Å². The van der Waals surface area contributed by atoms with Gasteiger partial charge in [0.1, 0.15) is 11.5 Å². The Morgan fingerprint density at radius 3 is 2.20 bits per heavy atom. The highest BCUT2D eigenvalue weighted by atomic mass is 35.5. The van der Waals surface area contributed by atoms with Gasteiger partial charge < -0.3 is 14.8 Å². The standard InChI is InChI=1S/C19H22Cl2N2O2/c1-24-17-12-16(21)18(25-2)11-15(17)19(23-9-7-22-8-10-23)13-3-5-14(20)6-4-13/h3-6,11-12,19,22H,7-10H2,1-2H3. The predicted octanol–water partition coefficient (Wildman–Crippen LogP) is 4.01. The molecular formula is C19H22Cl2N2O2. The molecule has 1 saturated heterocycles. The average molecular weight is 381 g/mol. The highest BCUT2D eigenvalue weighted by molar-refractivity contribution is 6.32. The van der Waals surface area contributed by atoms with Crippen LogP contribution in [-0.4, -0.2) is 45.3 Å². The molecule has 2 aromatic carbocycles. The van der Waals surface area contributed by atoms with Crippen molar-refractivity contribution in [3.63, 3.8) is 0 Å². The van der Waals surface area contributed by atoms with Crippen LogP contribution in [0.3, 0.4) is 0 Å². The van der Waals surface area contributed by atoms with Gasteiger partial charge in [0, 0.05) is 42.8 Å². The van der Waals surface area contributed by atoms with Crippen LogP contribution in [0.25, 0.3) is 0 Å². The first-order chi connectivity index (χ1) is 12.1. The SMILES string of the molecule is COc1cc(C(c2ccc(Cl)cc2)N2CCNCC2)c(OC)cc1Cl. The van der Waals surface area contributed by atoms with Crippen molar-refractivity contribution >= 4 is 23.2 Å². The molecule has 0 bridgehead atoms. The van der Waals surface area contributed by atoms with E-state index in [9.17, 15) is 0 Å². The minimum absolute atomic E-state index is 0.0421. The van der Waals surface area contributed by atoms with Crippen LogP contribution in [0.2, 0.25) is 10.0 Å². The Labute approximate surface area is 158 Å². The lowest BCUT2D eigenvalue weighted by Gasteiger charge is -2.36. The van der Waals surface area contributed by atoms with E-state index < -0.39 is 0 Å². The van der Waals surface area contributed by atoms with Crippen molar-refractivity contribution in [2.24, 2.45) is 0 Å². The maximum Gasteiger partial charge on any atom is 0.138 e. The van der Waals surface area contributed by atoms with Crippen LogP contribution >= 0.6 is 23.2 Å². The number of piperazine rings is 1. The molecule has 2 aromatic rings. The van der Waals surface area contributed by atoms with Gasteiger partial charge in [-0.2, -0.15) is 0 Å². The quantitative estimate of drug-likeness (QED) is 0.849. The summed E-state index contributed by atoms with van der Waals surface area (Å²) in [7, 11) is 3.29. The van der Waals surface area contributed by atoms with Gasteiger partial charge in [-0.3, -0.25) is 4.90 Å². The smallest absolute Gasteiger partial charge is 0.138 e. The third kappa shape index (κ3) is 4.04. The minimum Gasteiger partial charge on any atom is -0.496 e. The van der Waals surface area contributed by atoms with Crippen molar-refractivity contribution < 1.29 is 9.47 Å². The molecular weight excluding hydrogens is 359 g/mol. The van der Waals surface area contributed by atoms with Crippen LogP contribution in [0.4, 0.5) is 0 Å². The minimum atomic E-state index is 0.0421. The highest BCUT2D eigenvalue weighted by Gasteiger charge is 2.27. The van der Waals surface area contributed by atoms with Crippen LogP contribution < -0.4 is 14.8 Å². The third-order valence-corrected chi connectivity index (χ3v) is 5.05. The largest absolute Gasteiger partial charge is 0.496 e. The van der Waals surface area contributed by atoms with E-state index in [2.05, 4.69) is 22.3 Å². The summed E-state index contributed by atoms with van der Waals surface area (Å²) in [6.45, 7) is 3.80. The number of benzene rings is 2. The number of halogens is 2. The van der Waals surface area contributed by atoms with E-state index in [0.717, 1.165) is 48.1 Å². The summed E-state index contributed by atoms with van der Waals surface area (Å²) in [5.41, 5.74) is 2.20. The van der Waals surface area contributed by atoms with Gasteiger partial charge in [-0.1, -0.05) is 35.3 Å². The number of hydrogen-bond donors (Lipinski definition) is 1. The first-order valence-corrected chi connectivity index (χ1v) is 9.01. The van der Waals surface area contributed by atoms with Crippen LogP contribution in [0.15, 0.2) is 36.4 Å². The van der Waals surface area contributed by atoms with E-state index in [1.807, 2.05) is 24.3 Å². The first kappa shape index (κ1) is 18.3. The van der Waals surface area contributed by atoms with E-state index in [-0.39, 0.29) is 6.04 Å². The van der Waals surface area contributed by atoms with Crippen molar-refractivity contribution in [3.8, 4) is 11.5 Å². The third-order valence-electron chi connectivity index (χ3n) is 4.50. The lowest BCUT2D eigenvalue weighted by atomic mass is 9.95. The first-order valence-electron chi connectivity index (χ1n) is 8.25. The summed E-state index contributed by atoms with van der Waals surface area (Å²) < 4.78 is 11.1. The fourth-order valence-corrected chi connectivity index (χ4v) is 3.63. The Kier molecular flexibility index (Phi) is 6.07. The molecule has 25 heavy (non-hydrogen) atoms. The average Bonchev–Trinajstić information content (AvgIpc) is 2.65. The maximum absolute atomic E-state index is 6.29. The molecule has 1 heterocycles. The molecule has 0 aromatic heterocycles. The number of hydrogen-bond acceptors (Lipinski definition) is 4. The van der Waals surface area contributed by atoms with E-state index in [4.69, 9.17) is 32.7 Å². The zero-order valence-electron chi connectivity index (χ0n) is 14.4. The normalized spacial score (nSPS) is 16.5. The van der Waals surface area contributed by atoms with Gasteiger partial charge in [0.05, 0.1) is 25.3 Å². The van der Waals surface area contributed by atoms with E-state index in [0.29, 0.717) is 10.8 Å². The van der Waals surface area contributed by atoms with Crippen molar-refractivity contribution in [1.82, 2.24) is 10.2 Å². The summed E-state index contributed by atoms with van der Waals surface area (Å²) in [4.78, 5) is 2.44. The van der Waals surface area contributed by atoms with Gasteiger partial charge in [0.15, 0.2) is 0 Å². The molecule has 1 unspecified atom stereocenters. The van der Waals surface area contributed by atoms with Crippen molar-refractivity contribution in [3.05, 3.63) is 57.6 Å². The Morgan fingerprint density at radius 1 is 0.960 bits per heavy atom. The zero-order valence-corrected chi connectivity index (χ0v) is 15.9. The lowest BCUT2D eigenvalue weighted by Crippen LogP contribution is -2.45. The summed E-state index contributed by atoms with van der Waals surface area (Å²) >= 11 is 12.4. The monoisotopic (exact) mass is 380 g/mol. The molecule has 0 spiro atoms. The molecule has 4 nitrogen and oxygen atoms in total. The van der Waals surface area contributed by atoms with Gasteiger partial charge in [-0.15, -0.1) is 0 Å². The van der Waals surface area contributed by atoms with Crippen LogP contribution in [0.5, 0.6) is 11.5 Å². The Morgan fingerprint density at radius 2 is 1.60 bits per heavy atom. The molecule has 134 valence electrons. The number of methoxy groups -OCH3 is 2. The fraction of sp³-hybridized carbons (Fsp3) is 0.368. The summed E-state index contributed by atoms with van der Waals surface area (Å²) in [6, 6.07) is 11.8. The molecule has 6 heteroatoms. The Balaban J connectivity index is 2.11. The molecule has 1 atom stereocenters. The Bertz CT molecular complexity index is 716. The molecule has 1 fully saturated rings. The molecule has 1 aliphatic rings. The molecule has 3 rings (SSSR count). The van der Waals surface area contributed by atoms with Crippen LogP contribution in [0, 0.1) is 0 Å². The summed E-state index contributed by atoms with van der Waals surface area (Å²) in [5.74, 6) is 1.40. The highest BCUT2D eigenvalue weighted by Crippen LogP contribution is 2.40. The maximum atomic E-state index is 6.29. The summed E-state index contributed by atoms with van der Waals surface area (Å²) in [5, 5.41) is 4.67. The van der Waals surface area contributed by atoms with E-state index in [1.54, 1.807) is 14.2 Å². The van der Waals surface area contributed by atoms with Gasteiger partial charge in [0.25, 0.3) is 0 Å². The van der Waals surface area contributed by atoms with Gasteiger partial charge >= 0.3 is 0 Å². The summed E-state index contributed by atoms with van der Waals surface area (Å²) in [6.07, 6.45) is 0. The van der Waals surface area contributed by atoms with Crippen molar-refractivity contribution in [1.29, 1.82) is 0 Å². The van der Waals surface area contributed by atoms with Gasteiger partial charge in [-0.05, 0) is 23.8 Å². The second-order valence-electron chi connectivity index (χ2n) is 5.97. The zero-order chi connectivity index (χ0) is 17.8.